The lowest BCUT2D eigenvalue weighted by molar-refractivity contribution is -0.142. The first-order valence-electron chi connectivity index (χ1n) is 6.91. The number of carboxylic acid groups (broad SMARTS) is 1. The summed E-state index contributed by atoms with van der Waals surface area (Å²) >= 11 is 3.38. The minimum absolute atomic E-state index is 0.108. The molecule has 0 saturated heterocycles. The van der Waals surface area contributed by atoms with Crippen molar-refractivity contribution in [2.45, 2.75) is 44.7 Å². The minimum atomic E-state index is -0.683. The van der Waals surface area contributed by atoms with E-state index in [0.29, 0.717) is 6.04 Å². The van der Waals surface area contributed by atoms with E-state index >= 15 is 0 Å². The van der Waals surface area contributed by atoms with Crippen molar-refractivity contribution in [1.29, 1.82) is 0 Å². The first-order valence-corrected chi connectivity index (χ1v) is 7.70. The number of nitrogens with one attached hydrogen (secondary N) is 1. The molecule has 0 amide bonds. The molecule has 1 atom stereocenters. The van der Waals surface area contributed by atoms with Crippen LogP contribution in [0.4, 0.5) is 4.39 Å². The molecule has 0 radical (unpaired) electrons. The monoisotopic (exact) mass is 343 g/mol. The van der Waals surface area contributed by atoms with Gasteiger partial charge in [0.2, 0.25) is 0 Å². The lowest BCUT2D eigenvalue weighted by atomic mass is 9.85. The average molecular weight is 344 g/mol. The lowest BCUT2D eigenvalue weighted by Gasteiger charge is -2.30. The molecule has 20 heavy (non-hydrogen) atoms. The number of carboxylic acids is 1. The summed E-state index contributed by atoms with van der Waals surface area (Å²) in [6.45, 7) is 2.04. The van der Waals surface area contributed by atoms with E-state index in [1.165, 1.54) is 12.1 Å². The Hall–Kier alpha value is -0.940. The summed E-state index contributed by atoms with van der Waals surface area (Å²) in [6.07, 6.45) is 3.20. The Kier molecular flexibility index (Phi) is 5.16. The number of hydrogen-bond donors (Lipinski definition) is 2. The first-order chi connectivity index (χ1) is 9.47. The zero-order chi connectivity index (χ0) is 14.7. The highest BCUT2D eigenvalue weighted by molar-refractivity contribution is 9.10. The maximum absolute atomic E-state index is 13.1. The molecule has 3 nitrogen and oxygen atoms in total. The van der Waals surface area contributed by atoms with Crippen molar-refractivity contribution in [3.8, 4) is 0 Å². The predicted octanol–water partition coefficient (Wildman–Crippen LogP) is 3.88. The number of aliphatic carboxylic acids is 1. The third-order valence-corrected chi connectivity index (χ3v) is 4.68. The summed E-state index contributed by atoms with van der Waals surface area (Å²) in [6, 6.07) is 5.14. The highest BCUT2D eigenvalue weighted by Gasteiger charge is 2.26. The molecule has 110 valence electrons. The van der Waals surface area contributed by atoms with Crippen LogP contribution in [0, 0.1) is 11.7 Å². The average Bonchev–Trinajstić information content (AvgIpc) is 2.39. The molecule has 0 spiro atoms. The molecule has 1 aliphatic rings. The standard InChI is InChI=1S/C15H19BrFNO2/c1-9(13-7-4-11(17)8-14(13)16)18-12-5-2-10(3-6-12)15(19)20/h4,7-10,12,18H,2-3,5-6H2,1H3,(H,19,20). The second-order valence-corrected chi connectivity index (χ2v) is 6.30. The van der Waals surface area contributed by atoms with Crippen molar-refractivity contribution in [1.82, 2.24) is 5.32 Å². The van der Waals surface area contributed by atoms with Gasteiger partial charge in [0.1, 0.15) is 5.82 Å². The molecule has 2 rings (SSSR count). The Labute approximate surface area is 126 Å². The number of carbonyl (C=O) groups is 1. The van der Waals surface area contributed by atoms with Gasteiger partial charge < -0.3 is 10.4 Å². The van der Waals surface area contributed by atoms with Gasteiger partial charge in [-0.1, -0.05) is 22.0 Å². The maximum Gasteiger partial charge on any atom is 0.306 e. The van der Waals surface area contributed by atoms with Gasteiger partial charge in [-0.3, -0.25) is 4.79 Å². The first kappa shape index (κ1) is 15.4. The van der Waals surface area contributed by atoms with Crippen LogP contribution in [0.1, 0.15) is 44.2 Å². The predicted molar refractivity (Wildman–Crippen MR) is 79.0 cm³/mol. The van der Waals surface area contributed by atoms with Crippen LogP contribution < -0.4 is 5.32 Å². The number of benzene rings is 1. The Morgan fingerprint density at radius 3 is 2.60 bits per heavy atom. The van der Waals surface area contributed by atoms with Crippen LogP contribution in [0.5, 0.6) is 0 Å². The Morgan fingerprint density at radius 2 is 2.05 bits per heavy atom. The number of hydrogen-bond acceptors (Lipinski definition) is 2. The lowest BCUT2D eigenvalue weighted by Crippen LogP contribution is -2.36. The van der Waals surface area contributed by atoms with Crippen LogP contribution in [-0.4, -0.2) is 17.1 Å². The third kappa shape index (κ3) is 3.79. The van der Waals surface area contributed by atoms with Crippen molar-refractivity contribution in [2.24, 2.45) is 5.92 Å². The highest BCUT2D eigenvalue weighted by atomic mass is 79.9. The normalized spacial score (nSPS) is 24.4. The fraction of sp³-hybridized carbons (Fsp3) is 0.533. The Morgan fingerprint density at radius 1 is 1.40 bits per heavy atom. The maximum atomic E-state index is 13.1. The number of halogens is 2. The van der Waals surface area contributed by atoms with Gasteiger partial charge in [0.15, 0.2) is 0 Å². The molecule has 5 heteroatoms. The van der Waals surface area contributed by atoms with E-state index in [-0.39, 0.29) is 17.8 Å². The van der Waals surface area contributed by atoms with Gasteiger partial charge in [-0.15, -0.1) is 0 Å². The van der Waals surface area contributed by atoms with Gasteiger partial charge >= 0.3 is 5.97 Å². The van der Waals surface area contributed by atoms with Gasteiger partial charge in [0.25, 0.3) is 0 Å². The molecule has 1 aromatic rings. The van der Waals surface area contributed by atoms with Crippen LogP contribution in [0.15, 0.2) is 22.7 Å². The van der Waals surface area contributed by atoms with E-state index < -0.39 is 5.97 Å². The van der Waals surface area contributed by atoms with Gasteiger partial charge in [0, 0.05) is 16.6 Å². The third-order valence-electron chi connectivity index (χ3n) is 3.99. The molecule has 1 aromatic carbocycles. The van der Waals surface area contributed by atoms with Crippen LogP contribution >= 0.6 is 15.9 Å². The number of rotatable bonds is 4. The van der Waals surface area contributed by atoms with Crippen LogP contribution in [0.25, 0.3) is 0 Å². The van der Waals surface area contributed by atoms with E-state index in [0.717, 1.165) is 35.7 Å². The topological polar surface area (TPSA) is 49.3 Å². The second kappa shape index (κ2) is 6.68. The van der Waals surface area contributed by atoms with Gasteiger partial charge in [-0.25, -0.2) is 4.39 Å². The van der Waals surface area contributed by atoms with Gasteiger partial charge in [0.05, 0.1) is 5.92 Å². The van der Waals surface area contributed by atoms with E-state index in [1.54, 1.807) is 6.07 Å². The summed E-state index contributed by atoms with van der Waals surface area (Å²) < 4.78 is 13.8. The van der Waals surface area contributed by atoms with Crippen LogP contribution in [0.3, 0.4) is 0 Å². The van der Waals surface area contributed by atoms with E-state index in [1.807, 2.05) is 6.92 Å². The summed E-state index contributed by atoms with van der Waals surface area (Å²) in [7, 11) is 0. The summed E-state index contributed by atoms with van der Waals surface area (Å²) in [5.41, 5.74) is 1.02. The van der Waals surface area contributed by atoms with Crippen molar-refractivity contribution in [2.75, 3.05) is 0 Å². The van der Waals surface area contributed by atoms with E-state index in [9.17, 15) is 9.18 Å². The SMILES string of the molecule is CC(NC1CCC(C(=O)O)CC1)c1ccc(F)cc1Br. The summed E-state index contributed by atoms with van der Waals surface area (Å²) in [4.78, 5) is 10.9. The molecule has 1 aliphatic carbocycles. The largest absolute Gasteiger partial charge is 0.481 e. The molecule has 2 N–H and O–H groups in total. The smallest absolute Gasteiger partial charge is 0.306 e. The fourth-order valence-corrected chi connectivity index (χ4v) is 3.50. The molecular weight excluding hydrogens is 325 g/mol. The zero-order valence-corrected chi connectivity index (χ0v) is 13.0. The molecular formula is C15H19BrFNO2. The minimum Gasteiger partial charge on any atom is -0.481 e. The van der Waals surface area contributed by atoms with Crippen molar-refractivity contribution in [3.63, 3.8) is 0 Å². The summed E-state index contributed by atoms with van der Waals surface area (Å²) in [5, 5.41) is 12.5. The molecule has 1 saturated carbocycles. The van der Waals surface area contributed by atoms with Crippen molar-refractivity contribution in [3.05, 3.63) is 34.1 Å². The highest BCUT2D eigenvalue weighted by Crippen LogP contribution is 2.28. The molecule has 0 heterocycles. The van der Waals surface area contributed by atoms with E-state index in [2.05, 4.69) is 21.2 Å². The second-order valence-electron chi connectivity index (χ2n) is 5.44. The molecule has 0 aromatic heterocycles. The Balaban J connectivity index is 1.92. The summed E-state index contributed by atoms with van der Waals surface area (Å²) in [5.74, 6) is -1.13. The molecule has 1 unspecified atom stereocenters. The fourth-order valence-electron chi connectivity index (χ4n) is 2.80. The van der Waals surface area contributed by atoms with Crippen molar-refractivity contribution < 1.29 is 14.3 Å². The molecule has 0 aliphatic heterocycles. The Bertz CT molecular complexity index is 487. The molecule has 1 fully saturated rings. The zero-order valence-electron chi connectivity index (χ0n) is 11.4. The molecule has 0 bridgehead atoms. The van der Waals surface area contributed by atoms with Gasteiger partial charge in [-0.2, -0.15) is 0 Å². The van der Waals surface area contributed by atoms with Gasteiger partial charge in [-0.05, 0) is 50.3 Å². The van der Waals surface area contributed by atoms with Crippen LogP contribution in [0.2, 0.25) is 0 Å². The van der Waals surface area contributed by atoms with Crippen molar-refractivity contribution >= 4 is 21.9 Å². The quantitative estimate of drug-likeness (QED) is 0.871. The van der Waals surface area contributed by atoms with Crippen LogP contribution in [-0.2, 0) is 4.79 Å². The van der Waals surface area contributed by atoms with E-state index in [4.69, 9.17) is 5.11 Å².